The summed E-state index contributed by atoms with van der Waals surface area (Å²) in [5.74, 6) is 0. The van der Waals surface area contributed by atoms with E-state index < -0.39 is 0 Å². The molecule has 3 nitrogen and oxygen atoms in total. The highest BCUT2D eigenvalue weighted by molar-refractivity contribution is 8.00. The summed E-state index contributed by atoms with van der Waals surface area (Å²) in [6.07, 6.45) is 6.75. The topological polar surface area (TPSA) is 50.8 Å². The minimum Gasteiger partial charge on any atom is -0.303 e. The third-order valence-electron chi connectivity index (χ3n) is 3.27. The van der Waals surface area contributed by atoms with Gasteiger partial charge in [0.25, 0.3) is 0 Å². The molecule has 1 heterocycles. The number of unbranched alkanes of at least 4 members (excludes halogenated alkanes) is 2. The molecule has 1 rings (SSSR count). The standard InChI is InChI=1S/C12H19N3S/c1-16-12(11-14)5-9-15(10-6-12)8-4-2-3-7-13/h2-6,8-10H2,1H3. The van der Waals surface area contributed by atoms with Crippen molar-refractivity contribution >= 4 is 11.8 Å². The highest BCUT2D eigenvalue weighted by Crippen LogP contribution is 2.33. The number of hydrogen-bond donors (Lipinski definition) is 0. The molecule has 1 fully saturated rings. The molecule has 0 aromatic carbocycles. The van der Waals surface area contributed by atoms with Gasteiger partial charge in [0.15, 0.2) is 0 Å². The third kappa shape index (κ3) is 3.70. The van der Waals surface area contributed by atoms with Crippen LogP contribution < -0.4 is 0 Å². The van der Waals surface area contributed by atoms with Gasteiger partial charge in [0, 0.05) is 19.5 Å². The second-order valence-corrected chi connectivity index (χ2v) is 5.46. The van der Waals surface area contributed by atoms with Gasteiger partial charge < -0.3 is 4.90 Å². The monoisotopic (exact) mass is 237 g/mol. The summed E-state index contributed by atoms with van der Waals surface area (Å²) in [5.41, 5.74) is 0. The lowest BCUT2D eigenvalue weighted by Gasteiger charge is -2.36. The summed E-state index contributed by atoms with van der Waals surface area (Å²) in [4.78, 5) is 2.42. The van der Waals surface area contributed by atoms with Gasteiger partial charge in [-0.3, -0.25) is 0 Å². The maximum Gasteiger partial charge on any atom is 0.104 e. The normalized spacial score (nSPS) is 19.9. The first kappa shape index (κ1) is 13.4. The van der Waals surface area contributed by atoms with Gasteiger partial charge in [0.2, 0.25) is 0 Å². The van der Waals surface area contributed by atoms with E-state index in [1.54, 1.807) is 11.8 Å². The Morgan fingerprint density at radius 2 is 1.94 bits per heavy atom. The van der Waals surface area contributed by atoms with Crippen LogP contribution in [0, 0.1) is 22.7 Å². The van der Waals surface area contributed by atoms with E-state index in [4.69, 9.17) is 10.5 Å². The van der Waals surface area contributed by atoms with Crippen LogP contribution in [0.15, 0.2) is 0 Å². The molecule has 0 aromatic heterocycles. The zero-order chi connectivity index (χ0) is 11.9. The van der Waals surface area contributed by atoms with E-state index in [-0.39, 0.29) is 4.75 Å². The highest BCUT2D eigenvalue weighted by Gasteiger charge is 2.33. The molecular formula is C12H19N3S. The van der Waals surface area contributed by atoms with E-state index >= 15 is 0 Å². The lowest BCUT2D eigenvalue weighted by atomic mass is 9.97. The van der Waals surface area contributed by atoms with E-state index in [0.29, 0.717) is 6.42 Å². The molecule has 0 spiro atoms. The maximum atomic E-state index is 9.15. The Balaban J connectivity index is 2.22. The predicted octanol–water partition coefficient (Wildman–Crippen LogP) is 2.40. The Bertz CT molecular complexity index is 282. The third-order valence-corrected chi connectivity index (χ3v) is 4.55. The van der Waals surface area contributed by atoms with Gasteiger partial charge in [-0.05, 0) is 38.5 Å². The molecule has 0 unspecified atom stereocenters. The van der Waals surface area contributed by atoms with Gasteiger partial charge in [0.1, 0.15) is 4.75 Å². The maximum absolute atomic E-state index is 9.15. The van der Waals surface area contributed by atoms with Crippen LogP contribution in [-0.2, 0) is 0 Å². The van der Waals surface area contributed by atoms with Crippen molar-refractivity contribution in [2.45, 2.75) is 36.9 Å². The number of thioether (sulfide) groups is 1. The number of hydrogen-bond acceptors (Lipinski definition) is 4. The molecule has 88 valence electrons. The second-order valence-electron chi connectivity index (χ2n) is 4.27. The van der Waals surface area contributed by atoms with Gasteiger partial charge in [-0.25, -0.2) is 0 Å². The molecule has 0 aromatic rings. The average molecular weight is 237 g/mol. The molecule has 0 saturated carbocycles. The van der Waals surface area contributed by atoms with E-state index in [1.165, 1.54) is 0 Å². The number of nitrogens with zero attached hydrogens (tertiary/aromatic N) is 3. The van der Waals surface area contributed by atoms with Crippen molar-refractivity contribution in [2.24, 2.45) is 0 Å². The van der Waals surface area contributed by atoms with Gasteiger partial charge in [-0.1, -0.05) is 0 Å². The fraction of sp³-hybridized carbons (Fsp3) is 0.833. The Kier molecular flexibility index (Phi) is 5.66. The lowest BCUT2D eigenvalue weighted by Crippen LogP contribution is -2.41. The van der Waals surface area contributed by atoms with Crippen LogP contribution in [0.2, 0.25) is 0 Å². The molecule has 16 heavy (non-hydrogen) atoms. The van der Waals surface area contributed by atoms with Crippen LogP contribution in [0.4, 0.5) is 0 Å². The number of nitriles is 2. The van der Waals surface area contributed by atoms with E-state index in [1.807, 2.05) is 6.26 Å². The van der Waals surface area contributed by atoms with Crippen molar-refractivity contribution < 1.29 is 0 Å². The summed E-state index contributed by atoms with van der Waals surface area (Å²) >= 11 is 1.70. The molecule has 0 aliphatic carbocycles. The van der Waals surface area contributed by atoms with E-state index in [0.717, 1.165) is 45.3 Å². The first-order valence-corrected chi connectivity index (χ1v) is 7.04. The Morgan fingerprint density at radius 3 is 2.44 bits per heavy atom. The quantitative estimate of drug-likeness (QED) is 0.689. The largest absolute Gasteiger partial charge is 0.303 e. The second kappa shape index (κ2) is 6.78. The zero-order valence-corrected chi connectivity index (χ0v) is 10.7. The van der Waals surface area contributed by atoms with Gasteiger partial charge in [0.05, 0.1) is 12.1 Å². The summed E-state index contributed by atoms with van der Waals surface area (Å²) in [5, 5.41) is 17.6. The summed E-state index contributed by atoms with van der Waals surface area (Å²) in [6.45, 7) is 3.14. The molecule has 4 heteroatoms. The summed E-state index contributed by atoms with van der Waals surface area (Å²) in [6, 6.07) is 4.63. The number of rotatable bonds is 5. The molecule has 1 saturated heterocycles. The van der Waals surface area contributed by atoms with E-state index in [9.17, 15) is 0 Å². The zero-order valence-electron chi connectivity index (χ0n) is 9.91. The molecule has 0 atom stereocenters. The van der Waals surface area contributed by atoms with Crippen LogP contribution in [0.25, 0.3) is 0 Å². The number of piperidine rings is 1. The SMILES string of the molecule is CSC1(C#N)CCN(CCCCC#N)CC1. The molecule has 0 bridgehead atoms. The number of likely N-dealkylation sites (tertiary alicyclic amines) is 1. The molecule has 0 amide bonds. The Morgan fingerprint density at radius 1 is 1.25 bits per heavy atom. The lowest BCUT2D eigenvalue weighted by molar-refractivity contribution is 0.213. The van der Waals surface area contributed by atoms with E-state index in [2.05, 4.69) is 17.0 Å². The minimum absolute atomic E-state index is 0.136. The first-order chi connectivity index (χ1) is 7.76. The van der Waals surface area contributed by atoms with Gasteiger partial charge >= 0.3 is 0 Å². The van der Waals surface area contributed by atoms with Crippen molar-refractivity contribution in [3.8, 4) is 12.1 Å². The Labute approximate surface area is 102 Å². The smallest absolute Gasteiger partial charge is 0.104 e. The van der Waals surface area contributed by atoms with Crippen molar-refractivity contribution in [2.75, 3.05) is 25.9 Å². The van der Waals surface area contributed by atoms with Crippen molar-refractivity contribution in [1.82, 2.24) is 4.90 Å². The molecule has 0 N–H and O–H groups in total. The van der Waals surface area contributed by atoms with Crippen LogP contribution in [0.5, 0.6) is 0 Å². The van der Waals surface area contributed by atoms with Crippen LogP contribution in [0.1, 0.15) is 32.1 Å². The molecular weight excluding hydrogens is 218 g/mol. The van der Waals surface area contributed by atoms with Crippen LogP contribution >= 0.6 is 11.8 Å². The van der Waals surface area contributed by atoms with Crippen molar-refractivity contribution in [1.29, 1.82) is 10.5 Å². The predicted molar refractivity (Wildman–Crippen MR) is 67.0 cm³/mol. The highest BCUT2D eigenvalue weighted by atomic mass is 32.2. The molecule has 1 aliphatic heterocycles. The Hall–Kier alpha value is -0.710. The van der Waals surface area contributed by atoms with Crippen molar-refractivity contribution in [3.63, 3.8) is 0 Å². The summed E-state index contributed by atoms with van der Waals surface area (Å²) in [7, 11) is 0. The fourth-order valence-electron chi connectivity index (χ4n) is 2.04. The summed E-state index contributed by atoms with van der Waals surface area (Å²) < 4.78 is -0.136. The van der Waals surface area contributed by atoms with Crippen molar-refractivity contribution in [3.05, 3.63) is 0 Å². The first-order valence-electron chi connectivity index (χ1n) is 5.82. The van der Waals surface area contributed by atoms with Gasteiger partial charge in [-0.15, -0.1) is 11.8 Å². The van der Waals surface area contributed by atoms with Crippen LogP contribution in [-0.4, -0.2) is 35.5 Å². The van der Waals surface area contributed by atoms with Gasteiger partial charge in [-0.2, -0.15) is 10.5 Å². The minimum atomic E-state index is -0.136. The average Bonchev–Trinajstić information content (AvgIpc) is 2.36. The van der Waals surface area contributed by atoms with Crippen LogP contribution in [0.3, 0.4) is 0 Å². The molecule has 1 aliphatic rings. The fourth-order valence-corrected chi connectivity index (χ4v) is 2.72. The molecule has 0 radical (unpaired) electrons.